The number of amides is 1. The molecule has 1 N–H and O–H groups in total. The molecule has 1 amide bonds. The van der Waals surface area contributed by atoms with Gasteiger partial charge in [-0.25, -0.2) is 0 Å². The number of hydrogen-bond acceptors (Lipinski definition) is 3. The van der Waals surface area contributed by atoms with Crippen LogP contribution in [-0.4, -0.2) is 48.2 Å². The molecule has 0 bridgehead atoms. The molecule has 0 saturated carbocycles. The molecule has 0 aliphatic carbocycles. The summed E-state index contributed by atoms with van der Waals surface area (Å²) < 4.78 is 5.84. The minimum absolute atomic E-state index is 0.00543. The Hall–Kier alpha value is -0.610. The zero-order valence-corrected chi connectivity index (χ0v) is 14.1. The van der Waals surface area contributed by atoms with Crippen LogP contribution in [0.3, 0.4) is 0 Å². The van der Waals surface area contributed by atoms with Gasteiger partial charge in [-0.15, -0.1) is 0 Å². The molecule has 0 aromatic rings. The van der Waals surface area contributed by atoms with E-state index in [1.54, 1.807) is 0 Å². The SMILES string of the molecule is CC(C)(C)NCC(=O)N1CCC(COC(C)(C)C)CC1. The molecule has 1 aliphatic heterocycles. The van der Waals surface area contributed by atoms with Crippen molar-refractivity contribution in [3.63, 3.8) is 0 Å². The molecule has 4 nitrogen and oxygen atoms in total. The lowest BCUT2D eigenvalue weighted by atomic mass is 9.97. The van der Waals surface area contributed by atoms with Gasteiger partial charge in [-0.2, -0.15) is 0 Å². The van der Waals surface area contributed by atoms with Gasteiger partial charge in [0.15, 0.2) is 0 Å². The number of ether oxygens (including phenoxy) is 1. The first-order valence-corrected chi connectivity index (χ1v) is 7.73. The Labute approximate surface area is 124 Å². The third kappa shape index (κ3) is 7.25. The minimum atomic E-state index is -0.0659. The zero-order chi connectivity index (χ0) is 15.4. The molecule has 0 aromatic heterocycles. The van der Waals surface area contributed by atoms with E-state index >= 15 is 0 Å². The van der Waals surface area contributed by atoms with Gasteiger partial charge in [-0.1, -0.05) is 0 Å². The van der Waals surface area contributed by atoms with E-state index in [2.05, 4.69) is 46.9 Å². The van der Waals surface area contributed by atoms with Gasteiger partial charge in [0.1, 0.15) is 0 Å². The van der Waals surface area contributed by atoms with E-state index in [9.17, 15) is 4.79 Å². The van der Waals surface area contributed by atoms with Gasteiger partial charge in [0, 0.05) is 18.6 Å². The fraction of sp³-hybridized carbons (Fsp3) is 0.938. The van der Waals surface area contributed by atoms with Gasteiger partial charge in [-0.3, -0.25) is 4.79 Å². The summed E-state index contributed by atoms with van der Waals surface area (Å²) in [5, 5.41) is 3.26. The highest BCUT2D eigenvalue weighted by Crippen LogP contribution is 2.20. The smallest absolute Gasteiger partial charge is 0.236 e. The topological polar surface area (TPSA) is 41.6 Å². The Morgan fingerprint density at radius 1 is 1.15 bits per heavy atom. The van der Waals surface area contributed by atoms with Gasteiger partial charge in [0.2, 0.25) is 5.91 Å². The van der Waals surface area contributed by atoms with Crippen molar-refractivity contribution >= 4 is 5.91 Å². The van der Waals surface area contributed by atoms with Crippen molar-refractivity contribution in [3.8, 4) is 0 Å². The van der Waals surface area contributed by atoms with Crippen LogP contribution in [0.1, 0.15) is 54.4 Å². The van der Waals surface area contributed by atoms with Gasteiger partial charge in [-0.05, 0) is 60.3 Å². The molecule has 0 unspecified atom stereocenters. The van der Waals surface area contributed by atoms with Crippen LogP contribution in [0.15, 0.2) is 0 Å². The summed E-state index contributed by atoms with van der Waals surface area (Å²) in [6, 6.07) is 0. The fourth-order valence-corrected chi connectivity index (χ4v) is 2.17. The maximum Gasteiger partial charge on any atom is 0.236 e. The Balaban J connectivity index is 2.26. The van der Waals surface area contributed by atoms with E-state index in [1.165, 1.54) is 0 Å². The molecule has 0 atom stereocenters. The number of hydrogen-bond donors (Lipinski definition) is 1. The van der Waals surface area contributed by atoms with E-state index < -0.39 is 0 Å². The Kier molecular flexibility index (Phi) is 6.02. The van der Waals surface area contributed by atoms with Crippen molar-refractivity contribution in [2.24, 2.45) is 5.92 Å². The summed E-state index contributed by atoms with van der Waals surface area (Å²) in [6.45, 7) is 15.5. The number of nitrogens with zero attached hydrogens (tertiary/aromatic N) is 1. The molecular weight excluding hydrogens is 252 g/mol. The average molecular weight is 284 g/mol. The molecule has 1 rings (SSSR count). The monoisotopic (exact) mass is 284 g/mol. The Bertz CT molecular complexity index is 307. The molecule has 1 heterocycles. The third-order valence-electron chi connectivity index (χ3n) is 3.49. The standard InChI is InChI=1S/C16H32N2O2/c1-15(2,3)17-11-14(19)18-9-7-13(8-10-18)12-20-16(4,5)6/h13,17H,7-12H2,1-6H3. The molecule has 20 heavy (non-hydrogen) atoms. The van der Waals surface area contributed by atoms with Crippen LogP contribution >= 0.6 is 0 Å². The van der Waals surface area contributed by atoms with Gasteiger partial charge >= 0.3 is 0 Å². The summed E-state index contributed by atoms with van der Waals surface area (Å²) in [6.07, 6.45) is 2.11. The van der Waals surface area contributed by atoms with Crippen LogP contribution in [-0.2, 0) is 9.53 Å². The van der Waals surface area contributed by atoms with Crippen molar-refractivity contribution in [3.05, 3.63) is 0 Å². The molecule has 0 aromatic carbocycles. The number of likely N-dealkylation sites (tertiary alicyclic amines) is 1. The lowest BCUT2D eigenvalue weighted by Crippen LogP contribution is -2.47. The van der Waals surface area contributed by atoms with Crippen molar-refractivity contribution in [2.75, 3.05) is 26.2 Å². The predicted octanol–water partition coefficient (Wildman–Crippen LogP) is 2.43. The zero-order valence-electron chi connectivity index (χ0n) is 14.1. The van der Waals surface area contributed by atoms with Gasteiger partial charge in [0.25, 0.3) is 0 Å². The van der Waals surface area contributed by atoms with Crippen molar-refractivity contribution in [1.29, 1.82) is 0 Å². The number of carbonyl (C=O) groups excluding carboxylic acids is 1. The largest absolute Gasteiger partial charge is 0.376 e. The van der Waals surface area contributed by atoms with E-state index in [0.29, 0.717) is 12.5 Å². The summed E-state index contributed by atoms with van der Waals surface area (Å²) in [5.41, 5.74) is -0.0713. The van der Waals surface area contributed by atoms with Gasteiger partial charge < -0.3 is 15.0 Å². The normalized spacial score (nSPS) is 18.4. The highest BCUT2D eigenvalue weighted by molar-refractivity contribution is 5.78. The lowest BCUT2D eigenvalue weighted by Gasteiger charge is -2.34. The van der Waals surface area contributed by atoms with Crippen LogP contribution in [0, 0.1) is 5.92 Å². The van der Waals surface area contributed by atoms with Crippen molar-refractivity contribution in [1.82, 2.24) is 10.2 Å². The molecule has 1 fully saturated rings. The number of nitrogens with one attached hydrogen (secondary N) is 1. The molecule has 118 valence electrons. The third-order valence-corrected chi connectivity index (χ3v) is 3.49. The molecular formula is C16H32N2O2. The summed E-state index contributed by atoms with van der Waals surface area (Å²) in [7, 11) is 0. The number of piperidine rings is 1. The average Bonchev–Trinajstić information content (AvgIpc) is 2.32. The van der Waals surface area contributed by atoms with Crippen LogP contribution in [0.4, 0.5) is 0 Å². The van der Waals surface area contributed by atoms with E-state index in [1.807, 2.05) is 4.90 Å². The second-order valence-corrected chi connectivity index (χ2v) is 7.85. The highest BCUT2D eigenvalue weighted by Gasteiger charge is 2.24. The van der Waals surface area contributed by atoms with E-state index in [0.717, 1.165) is 32.5 Å². The molecule has 4 heteroatoms. The summed E-state index contributed by atoms with van der Waals surface area (Å²) in [4.78, 5) is 14.1. The Morgan fingerprint density at radius 2 is 1.70 bits per heavy atom. The number of rotatable bonds is 4. The van der Waals surface area contributed by atoms with Crippen molar-refractivity contribution < 1.29 is 9.53 Å². The second-order valence-electron chi connectivity index (χ2n) is 7.85. The van der Waals surface area contributed by atoms with Crippen molar-refractivity contribution in [2.45, 2.75) is 65.5 Å². The predicted molar refractivity (Wildman–Crippen MR) is 82.8 cm³/mol. The highest BCUT2D eigenvalue weighted by atomic mass is 16.5. The number of carbonyl (C=O) groups is 1. The minimum Gasteiger partial charge on any atom is -0.376 e. The maximum absolute atomic E-state index is 12.1. The van der Waals surface area contributed by atoms with Crippen LogP contribution in [0.25, 0.3) is 0 Å². The first kappa shape index (κ1) is 17.4. The Morgan fingerprint density at radius 3 is 2.15 bits per heavy atom. The maximum atomic E-state index is 12.1. The molecule has 1 saturated heterocycles. The van der Waals surface area contributed by atoms with Gasteiger partial charge in [0.05, 0.1) is 18.8 Å². The van der Waals surface area contributed by atoms with E-state index in [4.69, 9.17) is 4.74 Å². The molecule has 0 spiro atoms. The quantitative estimate of drug-likeness (QED) is 0.862. The fourth-order valence-electron chi connectivity index (χ4n) is 2.17. The van der Waals surface area contributed by atoms with Crippen LogP contribution in [0.5, 0.6) is 0 Å². The lowest BCUT2D eigenvalue weighted by molar-refractivity contribution is -0.132. The second kappa shape index (κ2) is 6.90. The molecule has 1 aliphatic rings. The van der Waals surface area contributed by atoms with Crippen LogP contribution < -0.4 is 5.32 Å². The summed E-state index contributed by atoms with van der Waals surface area (Å²) >= 11 is 0. The first-order chi connectivity index (χ1) is 9.07. The first-order valence-electron chi connectivity index (χ1n) is 7.73. The summed E-state index contributed by atoms with van der Waals surface area (Å²) in [5.74, 6) is 0.809. The van der Waals surface area contributed by atoms with E-state index in [-0.39, 0.29) is 17.0 Å². The molecule has 0 radical (unpaired) electrons. The van der Waals surface area contributed by atoms with Crippen LogP contribution in [0.2, 0.25) is 0 Å².